The van der Waals surface area contributed by atoms with Gasteiger partial charge in [-0.15, -0.1) is 0 Å². The number of carbonyl (C=O) groups is 2. The monoisotopic (exact) mass is 782 g/mol. The van der Waals surface area contributed by atoms with E-state index in [4.69, 9.17) is 16.1 Å². The van der Waals surface area contributed by atoms with E-state index in [-0.39, 0.29) is 29.0 Å². The van der Waals surface area contributed by atoms with Gasteiger partial charge in [0.25, 0.3) is 0 Å². The van der Waals surface area contributed by atoms with Gasteiger partial charge in [-0.25, -0.2) is 27.5 Å². The largest absolute Gasteiger partial charge is 0.480 e. The fourth-order valence-corrected chi connectivity index (χ4v) is 5.71. The van der Waals surface area contributed by atoms with Crippen LogP contribution in [0.4, 0.5) is 17.6 Å². The second-order valence-electron chi connectivity index (χ2n) is 14.3. The Morgan fingerprint density at radius 2 is 1.18 bits per heavy atom. The van der Waals surface area contributed by atoms with E-state index < -0.39 is 46.6 Å². The molecule has 296 valence electrons. The van der Waals surface area contributed by atoms with Gasteiger partial charge in [-0.05, 0) is 99.2 Å². The average molecular weight is 783 g/mol. The van der Waals surface area contributed by atoms with Gasteiger partial charge >= 0.3 is 5.97 Å². The first-order valence-corrected chi connectivity index (χ1v) is 17.6. The summed E-state index contributed by atoms with van der Waals surface area (Å²) >= 11 is 0. The zero-order valence-electron chi connectivity index (χ0n) is 32.3. The van der Waals surface area contributed by atoms with Gasteiger partial charge < -0.3 is 25.3 Å². The second-order valence-corrected chi connectivity index (χ2v) is 14.3. The van der Waals surface area contributed by atoms with Crippen molar-refractivity contribution < 1.29 is 32.3 Å². The van der Waals surface area contributed by atoms with Gasteiger partial charge in [0, 0.05) is 13.1 Å². The maximum atomic E-state index is 14.0. The van der Waals surface area contributed by atoms with E-state index >= 15 is 0 Å². The number of nitriles is 2. The van der Waals surface area contributed by atoms with Gasteiger partial charge in [-0.3, -0.25) is 9.59 Å². The molecule has 0 atom stereocenters. The lowest BCUT2D eigenvalue weighted by molar-refractivity contribution is -0.137. The van der Waals surface area contributed by atoms with Crippen molar-refractivity contribution in [1.82, 2.24) is 24.4 Å². The fourth-order valence-electron chi connectivity index (χ4n) is 5.71. The number of halogens is 4. The van der Waals surface area contributed by atoms with Crippen LogP contribution in [0, 0.1) is 59.8 Å². The number of aromatic nitrogens is 4. The van der Waals surface area contributed by atoms with Crippen LogP contribution in [0.2, 0.25) is 0 Å². The molecule has 6 rings (SSSR count). The SMILES string of the molecule is Cc1cc(C(C)(C)C#N)ccc1CN.Cc1cc(C(C)(C)C#N)ccc1CNC(=O)Cn1cnc2ccc(F)c(F)c21.O=C(O)Cn1cnc2ccc(F)c(F)c21. The first-order chi connectivity index (χ1) is 26.8. The van der Waals surface area contributed by atoms with Crippen molar-refractivity contribution in [3.05, 3.63) is 130 Å². The number of nitrogens with two attached hydrogens (primary N) is 1. The third kappa shape index (κ3) is 10.2. The summed E-state index contributed by atoms with van der Waals surface area (Å²) in [6.07, 6.45) is 2.48. The predicted molar refractivity (Wildman–Crippen MR) is 206 cm³/mol. The van der Waals surface area contributed by atoms with Crippen LogP contribution in [0.3, 0.4) is 0 Å². The smallest absolute Gasteiger partial charge is 0.323 e. The van der Waals surface area contributed by atoms with E-state index in [0.29, 0.717) is 18.6 Å². The van der Waals surface area contributed by atoms with E-state index in [9.17, 15) is 32.4 Å². The van der Waals surface area contributed by atoms with E-state index in [2.05, 4.69) is 27.4 Å². The predicted octanol–water partition coefficient (Wildman–Crippen LogP) is 7.39. The number of aryl methyl sites for hydroxylation is 2. The maximum absolute atomic E-state index is 14.0. The highest BCUT2D eigenvalue weighted by atomic mass is 19.2. The molecule has 6 aromatic rings. The van der Waals surface area contributed by atoms with Gasteiger partial charge in [0.05, 0.1) is 46.7 Å². The summed E-state index contributed by atoms with van der Waals surface area (Å²) in [5, 5.41) is 29.6. The summed E-state index contributed by atoms with van der Waals surface area (Å²) in [6.45, 7) is 11.7. The zero-order valence-corrected chi connectivity index (χ0v) is 32.3. The quantitative estimate of drug-likeness (QED) is 0.127. The molecule has 11 nitrogen and oxygen atoms in total. The second kappa shape index (κ2) is 17.9. The number of rotatable bonds is 9. The number of nitrogens with one attached hydrogen (secondary N) is 1. The molecule has 4 aromatic carbocycles. The zero-order chi connectivity index (χ0) is 42.2. The Bertz CT molecular complexity index is 2530. The van der Waals surface area contributed by atoms with E-state index in [1.54, 1.807) is 0 Å². The van der Waals surface area contributed by atoms with Crippen molar-refractivity contribution in [2.45, 2.75) is 78.6 Å². The van der Waals surface area contributed by atoms with Gasteiger partial charge in [-0.1, -0.05) is 36.4 Å². The number of carboxylic acids is 1. The molecular formula is C42H42F4N8O3. The molecule has 0 aliphatic carbocycles. The number of hydrogen-bond donors (Lipinski definition) is 3. The molecule has 15 heteroatoms. The normalized spacial score (nSPS) is 11.2. The Balaban J connectivity index is 0.000000209. The molecule has 0 aliphatic heterocycles. The summed E-state index contributed by atoms with van der Waals surface area (Å²) in [6, 6.07) is 20.9. The molecule has 0 radical (unpaired) electrons. The third-order valence-electron chi connectivity index (χ3n) is 9.35. The highest BCUT2D eigenvalue weighted by Gasteiger charge is 2.21. The van der Waals surface area contributed by atoms with Crippen LogP contribution in [0.25, 0.3) is 22.1 Å². The molecule has 0 bridgehead atoms. The lowest BCUT2D eigenvalue weighted by Gasteiger charge is -2.18. The van der Waals surface area contributed by atoms with Crippen molar-refractivity contribution in [3.63, 3.8) is 0 Å². The topological polar surface area (TPSA) is 176 Å². The number of imidazole rings is 2. The van der Waals surface area contributed by atoms with Crippen molar-refractivity contribution in [2.24, 2.45) is 5.73 Å². The molecule has 1 amide bonds. The molecule has 0 saturated carbocycles. The number of aliphatic carboxylic acids is 1. The van der Waals surface area contributed by atoms with Crippen molar-refractivity contribution >= 4 is 33.9 Å². The number of carboxylic acid groups (broad SMARTS) is 1. The number of benzene rings is 4. The van der Waals surface area contributed by atoms with Gasteiger partial charge in [-0.2, -0.15) is 10.5 Å². The van der Waals surface area contributed by atoms with Crippen LogP contribution in [0.15, 0.2) is 73.3 Å². The van der Waals surface area contributed by atoms with Gasteiger partial charge in [0.15, 0.2) is 23.3 Å². The maximum Gasteiger partial charge on any atom is 0.323 e. The van der Waals surface area contributed by atoms with Crippen LogP contribution >= 0.6 is 0 Å². The number of fused-ring (bicyclic) bond motifs is 2. The molecule has 0 unspecified atom stereocenters. The average Bonchev–Trinajstić information content (AvgIpc) is 3.78. The Labute approximate surface area is 327 Å². The molecule has 0 aliphatic rings. The Hall–Kier alpha value is -6.58. The van der Waals surface area contributed by atoms with Crippen molar-refractivity contribution in [3.8, 4) is 12.1 Å². The van der Waals surface area contributed by atoms with Crippen LogP contribution in [0.5, 0.6) is 0 Å². The minimum Gasteiger partial charge on any atom is -0.480 e. The molecule has 0 fully saturated rings. The highest BCUT2D eigenvalue weighted by Crippen LogP contribution is 2.26. The van der Waals surface area contributed by atoms with Gasteiger partial charge in [0.1, 0.15) is 24.1 Å². The first-order valence-electron chi connectivity index (χ1n) is 17.6. The number of carbonyl (C=O) groups excluding carboxylic acids is 1. The Kier molecular flexibility index (Phi) is 13.6. The van der Waals surface area contributed by atoms with Crippen LogP contribution in [-0.4, -0.2) is 36.1 Å². The summed E-state index contributed by atoms with van der Waals surface area (Å²) in [7, 11) is 0. The number of nitrogens with zero attached hydrogens (tertiary/aromatic N) is 6. The van der Waals surface area contributed by atoms with E-state index in [1.165, 1.54) is 29.4 Å². The third-order valence-corrected chi connectivity index (χ3v) is 9.35. The standard InChI is InChI=1S/C21H20F2N4O.C12H16N2.C9H6F2N2O2/c1-13-8-15(21(2,3)11-24)5-4-14(13)9-25-18(28)10-27-12-26-17-7-6-16(22)19(23)20(17)27;1-9-6-11(12(2,3)8-14)5-4-10(9)7-13;10-5-1-2-6-9(8(5)11)13(4-12-6)3-7(14)15/h4-8,12H,9-10H2,1-3H3,(H,25,28);4-6H,7,13H2,1-3H3;1-2,4H,3H2,(H,14,15). The molecule has 0 saturated heterocycles. The first kappa shape index (κ1) is 43.2. The van der Waals surface area contributed by atoms with E-state index in [1.807, 2.05) is 77.9 Å². The molecular weight excluding hydrogens is 741 g/mol. The number of hydrogen-bond acceptors (Lipinski definition) is 7. The lowest BCUT2D eigenvalue weighted by Crippen LogP contribution is -2.27. The van der Waals surface area contributed by atoms with Crippen molar-refractivity contribution in [1.29, 1.82) is 10.5 Å². The van der Waals surface area contributed by atoms with E-state index in [0.717, 1.165) is 50.1 Å². The minimum absolute atomic E-state index is 0.0329. The summed E-state index contributed by atoms with van der Waals surface area (Å²) in [5.74, 6) is -5.58. The van der Waals surface area contributed by atoms with Crippen molar-refractivity contribution in [2.75, 3.05) is 0 Å². The number of amides is 1. The van der Waals surface area contributed by atoms with Crippen LogP contribution in [0.1, 0.15) is 61.1 Å². The molecule has 57 heavy (non-hydrogen) atoms. The summed E-state index contributed by atoms with van der Waals surface area (Å²) in [4.78, 5) is 30.5. The highest BCUT2D eigenvalue weighted by molar-refractivity contribution is 5.81. The summed E-state index contributed by atoms with van der Waals surface area (Å²) in [5.41, 5.74) is 11.1. The lowest BCUT2D eigenvalue weighted by atomic mass is 9.85. The Morgan fingerprint density at radius 3 is 1.58 bits per heavy atom. The molecule has 2 aromatic heterocycles. The van der Waals surface area contributed by atoms with Gasteiger partial charge in [0.2, 0.25) is 5.91 Å². The Morgan fingerprint density at radius 1 is 0.737 bits per heavy atom. The molecule has 2 heterocycles. The molecule has 0 spiro atoms. The van der Waals surface area contributed by atoms with Crippen LogP contribution < -0.4 is 11.1 Å². The minimum atomic E-state index is -1.14. The van der Waals surface area contributed by atoms with Crippen LogP contribution in [-0.2, 0) is 46.6 Å². The molecule has 4 N–H and O–H groups in total. The fraction of sp³-hybridized carbons (Fsp3) is 0.286. The summed E-state index contributed by atoms with van der Waals surface area (Å²) < 4.78 is 56.0.